The summed E-state index contributed by atoms with van der Waals surface area (Å²) in [6.07, 6.45) is 0. The van der Waals surface area contributed by atoms with Gasteiger partial charge in [-0.3, -0.25) is 0 Å². The summed E-state index contributed by atoms with van der Waals surface area (Å²) >= 11 is 0. The molecule has 8 nitrogen and oxygen atoms in total. The normalized spacial score (nSPS) is 12.9. The Bertz CT molecular complexity index is 714. The molecule has 138 valence electrons. The van der Waals surface area contributed by atoms with E-state index in [9.17, 15) is 27.0 Å². The fourth-order valence-corrected chi connectivity index (χ4v) is 5.44. The second kappa shape index (κ2) is 7.68. The predicted octanol–water partition coefficient (Wildman–Crippen LogP) is 1.16. The summed E-state index contributed by atoms with van der Waals surface area (Å²) in [7, 11) is -8.07. The van der Waals surface area contributed by atoms with Gasteiger partial charge in [-0.15, -0.1) is 0 Å². The number of phenolic OH excluding ortho intramolecular Hbond substituents is 2. The van der Waals surface area contributed by atoms with Gasteiger partial charge in [0, 0.05) is 38.3 Å². The molecule has 1 aromatic rings. The maximum absolute atomic E-state index is 12.5. The first-order valence-electron chi connectivity index (χ1n) is 7.64. The van der Waals surface area contributed by atoms with Crippen molar-refractivity contribution in [2.45, 2.75) is 37.5 Å². The smallest absolute Gasteiger partial charge is 0.246 e. The third-order valence-electron chi connectivity index (χ3n) is 3.69. The highest BCUT2D eigenvalue weighted by Crippen LogP contribution is 2.36. The van der Waals surface area contributed by atoms with Gasteiger partial charge in [0.25, 0.3) is 0 Å². The molecule has 0 saturated carbocycles. The van der Waals surface area contributed by atoms with Crippen molar-refractivity contribution in [1.29, 1.82) is 0 Å². The first-order valence-corrected chi connectivity index (χ1v) is 10.5. The van der Waals surface area contributed by atoms with Crippen molar-refractivity contribution in [2.24, 2.45) is 0 Å². The van der Waals surface area contributed by atoms with Crippen LogP contribution in [0.2, 0.25) is 0 Å². The second-order valence-corrected chi connectivity index (χ2v) is 8.78. The summed E-state index contributed by atoms with van der Waals surface area (Å²) < 4.78 is 52.1. The lowest BCUT2D eigenvalue weighted by Crippen LogP contribution is -2.31. The standard InChI is InChI=1S/C14H24N2O6S2/c1-5-15(6-2)23(19,20)13-9-12(18)14(10-11(13)17)24(21,22)16(7-3)8-4/h9-10,17-18H,5-8H2,1-4H3. The average molecular weight is 380 g/mol. The highest BCUT2D eigenvalue weighted by atomic mass is 32.2. The van der Waals surface area contributed by atoms with E-state index in [4.69, 9.17) is 0 Å². The van der Waals surface area contributed by atoms with E-state index in [-0.39, 0.29) is 26.2 Å². The summed E-state index contributed by atoms with van der Waals surface area (Å²) in [5.74, 6) is -1.43. The third-order valence-corrected chi connectivity index (χ3v) is 7.85. The molecule has 2 N–H and O–H groups in total. The van der Waals surface area contributed by atoms with Crippen LogP contribution in [-0.2, 0) is 20.0 Å². The van der Waals surface area contributed by atoms with E-state index in [1.807, 2.05) is 0 Å². The molecule has 0 atom stereocenters. The number of nitrogens with zero attached hydrogens (tertiary/aromatic N) is 2. The van der Waals surface area contributed by atoms with Crippen molar-refractivity contribution < 1.29 is 27.0 Å². The molecular weight excluding hydrogens is 356 g/mol. The molecule has 0 amide bonds. The molecule has 24 heavy (non-hydrogen) atoms. The van der Waals surface area contributed by atoms with Crippen molar-refractivity contribution in [3.63, 3.8) is 0 Å². The molecule has 0 spiro atoms. The van der Waals surface area contributed by atoms with Gasteiger partial charge in [0.1, 0.15) is 21.3 Å². The van der Waals surface area contributed by atoms with E-state index < -0.39 is 41.3 Å². The van der Waals surface area contributed by atoms with Gasteiger partial charge in [-0.2, -0.15) is 8.61 Å². The average Bonchev–Trinajstić information content (AvgIpc) is 2.50. The van der Waals surface area contributed by atoms with Crippen LogP contribution in [0.3, 0.4) is 0 Å². The Hall–Kier alpha value is -1.36. The minimum atomic E-state index is -4.03. The minimum Gasteiger partial charge on any atom is -0.506 e. The quantitative estimate of drug-likeness (QED) is 0.654. The highest BCUT2D eigenvalue weighted by molar-refractivity contribution is 7.89. The van der Waals surface area contributed by atoms with Crippen molar-refractivity contribution >= 4 is 20.0 Å². The van der Waals surface area contributed by atoms with Crippen LogP contribution in [0.25, 0.3) is 0 Å². The van der Waals surface area contributed by atoms with E-state index in [2.05, 4.69) is 0 Å². The van der Waals surface area contributed by atoms with E-state index in [0.717, 1.165) is 20.7 Å². The van der Waals surface area contributed by atoms with Gasteiger partial charge in [-0.1, -0.05) is 27.7 Å². The van der Waals surface area contributed by atoms with Crippen LogP contribution in [0.4, 0.5) is 0 Å². The van der Waals surface area contributed by atoms with Gasteiger partial charge in [-0.25, -0.2) is 16.8 Å². The Morgan fingerprint density at radius 1 is 0.708 bits per heavy atom. The summed E-state index contributed by atoms with van der Waals surface area (Å²) in [5.41, 5.74) is 0. The van der Waals surface area contributed by atoms with Crippen LogP contribution in [0.15, 0.2) is 21.9 Å². The van der Waals surface area contributed by atoms with Gasteiger partial charge in [0.05, 0.1) is 0 Å². The van der Waals surface area contributed by atoms with Crippen molar-refractivity contribution in [1.82, 2.24) is 8.61 Å². The molecular formula is C14H24N2O6S2. The summed E-state index contributed by atoms with van der Waals surface area (Å²) in [6, 6.07) is 1.55. The number of aromatic hydroxyl groups is 2. The number of sulfonamides is 2. The van der Waals surface area contributed by atoms with Crippen molar-refractivity contribution in [2.75, 3.05) is 26.2 Å². The molecule has 0 aromatic heterocycles. The molecule has 1 aromatic carbocycles. The van der Waals surface area contributed by atoms with Crippen LogP contribution < -0.4 is 0 Å². The Labute approximate surface area is 143 Å². The summed E-state index contributed by atoms with van der Waals surface area (Å²) in [6.45, 7) is 7.26. The Balaban J connectivity index is 3.55. The van der Waals surface area contributed by atoms with E-state index >= 15 is 0 Å². The molecule has 1 rings (SSSR count). The summed E-state index contributed by atoms with van der Waals surface area (Å²) in [4.78, 5) is -1.05. The lowest BCUT2D eigenvalue weighted by Gasteiger charge is -2.22. The fourth-order valence-electron chi connectivity index (χ4n) is 2.36. The Kier molecular flexibility index (Phi) is 6.62. The SMILES string of the molecule is CCN(CC)S(=O)(=O)c1cc(O)c(S(=O)(=O)N(CC)CC)cc1O. The molecule has 0 bridgehead atoms. The molecule has 0 heterocycles. The van der Waals surface area contributed by atoms with Gasteiger partial charge in [-0.05, 0) is 0 Å². The Morgan fingerprint density at radius 3 is 1.17 bits per heavy atom. The van der Waals surface area contributed by atoms with Crippen LogP contribution in [0.1, 0.15) is 27.7 Å². The van der Waals surface area contributed by atoms with Crippen LogP contribution >= 0.6 is 0 Å². The number of hydrogen-bond acceptors (Lipinski definition) is 6. The third kappa shape index (κ3) is 3.66. The molecule has 0 unspecified atom stereocenters. The molecule has 10 heteroatoms. The molecule has 0 radical (unpaired) electrons. The highest BCUT2D eigenvalue weighted by Gasteiger charge is 2.31. The van der Waals surface area contributed by atoms with Crippen LogP contribution in [0, 0.1) is 0 Å². The van der Waals surface area contributed by atoms with Gasteiger partial charge >= 0.3 is 0 Å². The lowest BCUT2D eigenvalue weighted by molar-refractivity contribution is 0.409. The zero-order valence-electron chi connectivity index (χ0n) is 14.2. The minimum absolute atomic E-state index is 0.179. The fraction of sp³-hybridized carbons (Fsp3) is 0.571. The van der Waals surface area contributed by atoms with Crippen molar-refractivity contribution in [3.8, 4) is 11.5 Å². The van der Waals surface area contributed by atoms with Gasteiger partial charge in [0.15, 0.2) is 0 Å². The lowest BCUT2D eigenvalue weighted by atomic mass is 10.3. The van der Waals surface area contributed by atoms with Crippen LogP contribution in [-0.4, -0.2) is 61.8 Å². The first kappa shape index (κ1) is 20.7. The van der Waals surface area contributed by atoms with E-state index in [1.54, 1.807) is 27.7 Å². The largest absolute Gasteiger partial charge is 0.506 e. The molecule has 0 aliphatic rings. The second-order valence-electron chi connectivity index (χ2n) is 4.97. The van der Waals surface area contributed by atoms with E-state index in [1.165, 1.54) is 0 Å². The zero-order valence-corrected chi connectivity index (χ0v) is 15.9. The van der Waals surface area contributed by atoms with Crippen molar-refractivity contribution in [3.05, 3.63) is 12.1 Å². The monoisotopic (exact) mass is 380 g/mol. The van der Waals surface area contributed by atoms with Gasteiger partial charge in [0.2, 0.25) is 20.0 Å². The zero-order chi connectivity index (χ0) is 18.7. The number of benzene rings is 1. The number of rotatable bonds is 8. The topological polar surface area (TPSA) is 115 Å². The number of phenols is 2. The van der Waals surface area contributed by atoms with Gasteiger partial charge < -0.3 is 10.2 Å². The molecule has 0 aliphatic heterocycles. The van der Waals surface area contributed by atoms with Crippen LogP contribution in [0.5, 0.6) is 11.5 Å². The number of hydrogen-bond donors (Lipinski definition) is 2. The maximum Gasteiger partial charge on any atom is 0.246 e. The molecule has 0 aliphatic carbocycles. The molecule has 0 saturated heterocycles. The molecule has 0 fully saturated rings. The Morgan fingerprint density at radius 2 is 0.958 bits per heavy atom. The maximum atomic E-state index is 12.5. The van der Waals surface area contributed by atoms with E-state index in [0.29, 0.717) is 0 Å². The summed E-state index contributed by atoms with van der Waals surface area (Å²) in [5, 5.41) is 20.2. The first-order chi connectivity index (χ1) is 11.1. The predicted molar refractivity (Wildman–Crippen MR) is 90.0 cm³/mol.